The van der Waals surface area contributed by atoms with Crippen molar-refractivity contribution >= 4 is 21.8 Å². The van der Waals surface area contributed by atoms with Gasteiger partial charge in [-0.1, -0.05) is 18.2 Å². The zero-order valence-electron chi connectivity index (χ0n) is 12.9. The Bertz CT molecular complexity index is 822. The van der Waals surface area contributed by atoms with E-state index in [-0.39, 0.29) is 11.9 Å². The second-order valence-corrected chi connectivity index (χ2v) is 6.28. The number of nitrogens with one attached hydrogen (secondary N) is 2. The number of aromatic amines is 1. The SMILES string of the molecule is Cc1c(C(C)NC(=O)c2cc(Br)c[nH]2)cnn1-c1ccccc1. The number of carbonyl (C=O) groups excluding carboxylic acids is 1. The van der Waals surface area contributed by atoms with E-state index in [4.69, 9.17) is 0 Å². The molecule has 0 aliphatic heterocycles. The highest BCUT2D eigenvalue weighted by atomic mass is 79.9. The van der Waals surface area contributed by atoms with E-state index in [1.807, 2.05) is 48.9 Å². The summed E-state index contributed by atoms with van der Waals surface area (Å²) in [5, 5.41) is 7.43. The fourth-order valence-corrected chi connectivity index (χ4v) is 2.87. The quantitative estimate of drug-likeness (QED) is 0.732. The van der Waals surface area contributed by atoms with Crippen LogP contribution in [-0.2, 0) is 0 Å². The molecule has 2 N–H and O–H groups in total. The third-order valence-corrected chi connectivity index (χ3v) is 4.21. The van der Waals surface area contributed by atoms with E-state index in [1.54, 1.807) is 18.5 Å². The summed E-state index contributed by atoms with van der Waals surface area (Å²) in [4.78, 5) is 15.2. The van der Waals surface area contributed by atoms with Crippen LogP contribution in [-0.4, -0.2) is 20.7 Å². The zero-order valence-corrected chi connectivity index (χ0v) is 14.5. The van der Waals surface area contributed by atoms with Crippen LogP contribution in [0.1, 0.15) is 34.7 Å². The van der Waals surface area contributed by atoms with Gasteiger partial charge >= 0.3 is 0 Å². The van der Waals surface area contributed by atoms with Gasteiger partial charge in [-0.2, -0.15) is 5.10 Å². The van der Waals surface area contributed by atoms with Crippen LogP contribution in [0.5, 0.6) is 0 Å². The summed E-state index contributed by atoms with van der Waals surface area (Å²) in [5.41, 5.74) is 3.53. The summed E-state index contributed by atoms with van der Waals surface area (Å²) >= 11 is 3.33. The third-order valence-electron chi connectivity index (χ3n) is 3.76. The maximum Gasteiger partial charge on any atom is 0.268 e. The summed E-state index contributed by atoms with van der Waals surface area (Å²) in [5.74, 6) is -0.143. The molecule has 1 unspecified atom stereocenters. The first-order chi connectivity index (χ1) is 11.1. The minimum absolute atomic E-state index is 0.137. The van der Waals surface area contributed by atoms with Crippen LogP contribution in [0.25, 0.3) is 5.69 Å². The van der Waals surface area contributed by atoms with Crippen molar-refractivity contribution in [1.29, 1.82) is 0 Å². The number of hydrogen-bond acceptors (Lipinski definition) is 2. The molecule has 0 fully saturated rings. The second-order valence-electron chi connectivity index (χ2n) is 5.36. The molecule has 0 spiro atoms. The number of aromatic nitrogens is 3. The van der Waals surface area contributed by atoms with Crippen molar-refractivity contribution in [2.75, 3.05) is 0 Å². The summed E-state index contributed by atoms with van der Waals surface area (Å²) < 4.78 is 2.73. The molecule has 0 aliphatic carbocycles. The van der Waals surface area contributed by atoms with Crippen LogP contribution in [0.15, 0.2) is 53.3 Å². The number of para-hydroxylation sites is 1. The van der Waals surface area contributed by atoms with Crippen LogP contribution in [0.2, 0.25) is 0 Å². The lowest BCUT2D eigenvalue weighted by atomic mass is 10.1. The minimum Gasteiger partial charge on any atom is -0.356 e. The van der Waals surface area contributed by atoms with Crippen molar-refractivity contribution in [3.05, 3.63) is 70.2 Å². The van der Waals surface area contributed by atoms with Gasteiger partial charge in [-0.25, -0.2) is 4.68 Å². The highest BCUT2D eigenvalue weighted by Crippen LogP contribution is 2.20. The Morgan fingerprint density at radius 1 is 1.35 bits per heavy atom. The van der Waals surface area contributed by atoms with E-state index in [9.17, 15) is 4.79 Å². The summed E-state index contributed by atoms with van der Waals surface area (Å²) in [7, 11) is 0. The zero-order chi connectivity index (χ0) is 16.4. The molecule has 0 saturated carbocycles. The Hall–Kier alpha value is -2.34. The number of benzene rings is 1. The van der Waals surface area contributed by atoms with Gasteiger partial charge < -0.3 is 10.3 Å². The molecule has 0 bridgehead atoms. The highest BCUT2D eigenvalue weighted by molar-refractivity contribution is 9.10. The monoisotopic (exact) mass is 372 g/mol. The van der Waals surface area contributed by atoms with Gasteiger partial charge in [-0.3, -0.25) is 4.79 Å². The number of hydrogen-bond donors (Lipinski definition) is 2. The van der Waals surface area contributed by atoms with Crippen molar-refractivity contribution in [3.8, 4) is 5.69 Å². The molecular formula is C17H17BrN4O. The topological polar surface area (TPSA) is 62.7 Å². The van der Waals surface area contributed by atoms with Gasteiger partial charge in [0.15, 0.2) is 0 Å². The van der Waals surface area contributed by atoms with Crippen molar-refractivity contribution in [2.24, 2.45) is 0 Å². The molecule has 3 rings (SSSR count). The number of nitrogens with zero attached hydrogens (tertiary/aromatic N) is 2. The van der Waals surface area contributed by atoms with Crippen LogP contribution >= 0.6 is 15.9 Å². The van der Waals surface area contributed by atoms with Crippen LogP contribution in [0.4, 0.5) is 0 Å². The van der Waals surface area contributed by atoms with Crippen LogP contribution < -0.4 is 5.32 Å². The first-order valence-corrected chi connectivity index (χ1v) is 8.10. The van der Waals surface area contributed by atoms with Gasteiger partial charge in [0.1, 0.15) is 5.69 Å². The smallest absolute Gasteiger partial charge is 0.268 e. The number of halogens is 1. The van der Waals surface area contributed by atoms with Gasteiger partial charge in [0.25, 0.3) is 5.91 Å². The van der Waals surface area contributed by atoms with Crippen LogP contribution in [0, 0.1) is 6.92 Å². The fraction of sp³-hybridized carbons (Fsp3) is 0.176. The largest absolute Gasteiger partial charge is 0.356 e. The first kappa shape index (κ1) is 15.6. The normalized spacial score (nSPS) is 12.1. The molecule has 3 aromatic rings. The van der Waals surface area contributed by atoms with Crippen LogP contribution in [0.3, 0.4) is 0 Å². The number of rotatable bonds is 4. The molecule has 2 heterocycles. The van der Waals surface area contributed by atoms with Gasteiger partial charge in [-0.05, 0) is 48.0 Å². The van der Waals surface area contributed by atoms with Gasteiger partial charge in [-0.15, -0.1) is 0 Å². The lowest BCUT2D eigenvalue weighted by Crippen LogP contribution is -2.27. The van der Waals surface area contributed by atoms with Crippen molar-refractivity contribution < 1.29 is 4.79 Å². The molecule has 0 aliphatic rings. The van der Waals surface area contributed by atoms with Gasteiger partial charge in [0, 0.05) is 21.9 Å². The maximum absolute atomic E-state index is 12.2. The third kappa shape index (κ3) is 3.22. The van der Waals surface area contributed by atoms with Crippen molar-refractivity contribution in [2.45, 2.75) is 19.9 Å². The van der Waals surface area contributed by atoms with E-state index in [0.29, 0.717) is 5.69 Å². The predicted octanol–water partition coefficient (Wildman–Crippen LogP) is 3.76. The Balaban J connectivity index is 1.79. The Kier molecular flexibility index (Phi) is 4.34. The van der Waals surface area contributed by atoms with E-state index >= 15 is 0 Å². The first-order valence-electron chi connectivity index (χ1n) is 7.31. The summed E-state index contributed by atoms with van der Waals surface area (Å²) in [6.45, 7) is 3.96. The van der Waals surface area contributed by atoms with Gasteiger partial charge in [0.05, 0.1) is 17.9 Å². The average molecular weight is 373 g/mol. The van der Waals surface area contributed by atoms with E-state index in [0.717, 1.165) is 21.4 Å². The Morgan fingerprint density at radius 3 is 2.74 bits per heavy atom. The molecule has 5 nitrogen and oxygen atoms in total. The number of H-pyrrole nitrogens is 1. The molecule has 23 heavy (non-hydrogen) atoms. The summed E-state index contributed by atoms with van der Waals surface area (Å²) in [6.07, 6.45) is 3.54. The fourth-order valence-electron chi connectivity index (χ4n) is 2.53. The molecular weight excluding hydrogens is 356 g/mol. The maximum atomic E-state index is 12.2. The lowest BCUT2D eigenvalue weighted by molar-refractivity contribution is 0.0935. The van der Waals surface area contributed by atoms with Gasteiger partial charge in [0.2, 0.25) is 0 Å². The summed E-state index contributed by atoms with van der Waals surface area (Å²) in [6, 6.07) is 11.5. The highest BCUT2D eigenvalue weighted by Gasteiger charge is 2.17. The predicted molar refractivity (Wildman–Crippen MR) is 92.7 cm³/mol. The standard InChI is InChI=1S/C17H17BrN4O/c1-11(21-17(23)16-8-13(18)9-19-16)15-10-20-22(12(15)2)14-6-4-3-5-7-14/h3-11,19H,1-2H3,(H,21,23). The number of amides is 1. The van der Waals surface area contributed by atoms with E-state index in [2.05, 4.69) is 31.3 Å². The molecule has 0 radical (unpaired) electrons. The van der Waals surface area contributed by atoms with E-state index in [1.165, 1.54) is 0 Å². The Morgan fingerprint density at radius 2 is 2.09 bits per heavy atom. The second kappa shape index (κ2) is 6.42. The van der Waals surface area contributed by atoms with E-state index < -0.39 is 0 Å². The molecule has 1 aromatic carbocycles. The Labute approximate surface area is 142 Å². The minimum atomic E-state index is -0.143. The molecule has 2 aromatic heterocycles. The molecule has 6 heteroatoms. The van der Waals surface area contributed by atoms with Crippen molar-refractivity contribution in [3.63, 3.8) is 0 Å². The average Bonchev–Trinajstić information content (AvgIpc) is 3.14. The molecule has 1 atom stereocenters. The molecule has 118 valence electrons. The lowest BCUT2D eigenvalue weighted by Gasteiger charge is -2.13. The molecule has 0 saturated heterocycles. The number of carbonyl (C=O) groups is 1. The molecule has 1 amide bonds. The van der Waals surface area contributed by atoms with Crippen molar-refractivity contribution in [1.82, 2.24) is 20.1 Å².